The highest BCUT2D eigenvalue weighted by Crippen LogP contribution is 2.30. The van der Waals surface area contributed by atoms with E-state index in [0.717, 1.165) is 43.6 Å². The number of fused-ring (bicyclic) bond motifs is 1. The minimum absolute atomic E-state index is 0.123. The molecule has 0 bridgehead atoms. The van der Waals surface area contributed by atoms with Crippen LogP contribution in [-0.2, 0) is 9.59 Å². The molecule has 1 saturated heterocycles. The number of nitrogens with zero attached hydrogens (tertiary/aromatic N) is 3. The summed E-state index contributed by atoms with van der Waals surface area (Å²) >= 11 is 0. The number of aromatic nitrogens is 2. The van der Waals surface area contributed by atoms with Crippen LogP contribution < -0.4 is 14.8 Å². The summed E-state index contributed by atoms with van der Waals surface area (Å²) in [4.78, 5) is 28.0. The van der Waals surface area contributed by atoms with Gasteiger partial charge in [0.15, 0.2) is 11.5 Å². The topological polar surface area (TPSA) is 99.8 Å². The molecule has 0 spiro atoms. The van der Waals surface area contributed by atoms with Gasteiger partial charge in [-0.05, 0) is 24.3 Å². The summed E-state index contributed by atoms with van der Waals surface area (Å²) in [5.74, 6) is 1.01. The number of carbonyl (C=O) groups is 2. The molecule has 1 aliphatic heterocycles. The van der Waals surface area contributed by atoms with E-state index < -0.39 is 0 Å². The zero-order valence-corrected chi connectivity index (χ0v) is 19.4. The minimum Gasteiger partial charge on any atom is -0.493 e. The van der Waals surface area contributed by atoms with Crippen molar-refractivity contribution in [2.45, 2.75) is 6.92 Å². The molecule has 0 radical (unpaired) electrons. The molecule has 34 heavy (non-hydrogen) atoms. The Balaban J connectivity index is 1.29. The fourth-order valence-corrected chi connectivity index (χ4v) is 3.89. The standard InChI is InChI=1S/C25H29N5O4/c1-18(31)30-13-11-29(12-14-30)15-16-34-23-9-7-19(17-24(23)33-2)26-25(32)10-8-22-20-5-3-4-6-21(20)27-28-22/h3-10,17H,11-16H2,1-2H3,(H,26,32)(H,27,28). The maximum Gasteiger partial charge on any atom is 0.248 e. The Labute approximate surface area is 198 Å². The second-order valence-electron chi connectivity index (χ2n) is 8.04. The maximum absolute atomic E-state index is 12.4. The maximum atomic E-state index is 12.4. The van der Waals surface area contributed by atoms with Gasteiger partial charge in [0.2, 0.25) is 11.8 Å². The molecular formula is C25H29N5O4. The number of rotatable bonds is 8. The number of H-pyrrole nitrogens is 1. The predicted molar refractivity (Wildman–Crippen MR) is 131 cm³/mol. The van der Waals surface area contributed by atoms with Gasteiger partial charge in [-0.25, -0.2) is 0 Å². The fraction of sp³-hybridized carbons (Fsp3) is 0.320. The number of anilines is 1. The lowest BCUT2D eigenvalue weighted by Gasteiger charge is -2.34. The SMILES string of the molecule is COc1cc(NC(=O)C=Cc2n[nH]c3ccccc23)ccc1OCCN1CCN(C(C)=O)CC1. The second kappa shape index (κ2) is 10.8. The molecule has 2 aromatic carbocycles. The first-order chi connectivity index (χ1) is 16.5. The first-order valence-electron chi connectivity index (χ1n) is 11.2. The van der Waals surface area contributed by atoms with Crippen molar-refractivity contribution in [2.75, 3.05) is 51.8 Å². The van der Waals surface area contributed by atoms with E-state index in [9.17, 15) is 9.59 Å². The minimum atomic E-state index is -0.271. The van der Waals surface area contributed by atoms with Crippen LogP contribution in [0.15, 0.2) is 48.5 Å². The molecule has 1 fully saturated rings. The van der Waals surface area contributed by atoms with Crippen LogP contribution in [0, 0.1) is 0 Å². The van der Waals surface area contributed by atoms with Crippen molar-refractivity contribution in [1.82, 2.24) is 20.0 Å². The van der Waals surface area contributed by atoms with Crippen molar-refractivity contribution in [3.63, 3.8) is 0 Å². The van der Waals surface area contributed by atoms with Gasteiger partial charge < -0.3 is 19.7 Å². The molecule has 0 aliphatic carbocycles. The Morgan fingerprint density at radius 1 is 1.12 bits per heavy atom. The Kier molecular flexibility index (Phi) is 7.44. The molecule has 0 atom stereocenters. The van der Waals surface area contributed by atoms with E-state index in [0.29, 0.717) is 29.5 Å². The quantitative estimate of drug-likeness (QED) is 0.499. The molecule has 0 saturated carbocycles. The fourth-order valence-electron chi connectivity index (χ4n) is 3.89. The average Bonchev–Trinajstić information content (AvgIpc) is 3.27. The molecule has 4 rings (SSSR count). The molecule has 1 aliphatic rings. The van der Waals surface area contributed by atoms with Gasteiger partial charge in [0.05, 0.1) is 18.3 Å². The summed E-state index contributed by atoms with van der Waals surface area (Å²) in [6.45, 7) is 6.05. The Morgan fingerprint density at radius 2 is 1.91 bits per heavy atom. The van der Waals surface area contributed by atoms with Gasteiger partial charge in [-0.2, -0.15) is 5.10 Å². The highest BCUT2D eigenvalue weighted by atomic mass is 16.5. The lowest BCUT2D eigenvalue weighted by molar-refractivity contribution is -0.130. The highest BCUT2D eigenvalue weighted by molar-refractivity contribution is 6.03. The van der Waals surface area contributed by atoms with Crippen molar-refractivity contribution in [1.29, 1.82) is 0 Å². The van der Waals surface area contributed by atoms with Crippen LogP contribution in [0.25, 0.3) is 17.0 Å². The van der Waals surface area contributed by atoms with E-state index in [4.69, 9.17) is 9.47 Å². The number of aromatic amines is 1. The van der Waals surface area contributed by atoms with E-state index in [2.05, 4.69) is 20.4 Å². The van der Waals surface area contributed by atoms with Crippen molar-refractivity contribution < 1.29 is 19.1 Å². The van der Waals surface area contributed by atoms with Crippen molar-refractivity contribution in [2.24, 2.45) is 0 Å². The van der Waals surface area contributed by atoms with E-state index in [-0.39, 0.29) is 11.8 Å². The number of nitrogens with one attached hydrogen (secondary N) is 2. The van der Waals surface area contributed by atoms with Crippen LogP contribution in [0.5, 0.6) is 11.5 Å². The zero-order chi connectivity index (χ0) is 23.9. The van der Waals surface area contributed by atoms with Gasteiger partial charge in [-0.1, -0.05) is 18.2 Å². The van der Waals surface area contributed by atoms with Crippen molar-refractivity contribution >= 4 is 34.5 Å². The summed E-state index contributed by atoms with van der Waals surface area (Å²) < 4.78 is 11.4. The van der Waals surface area contributed by atoms with Crippen molar-refractivity contribution in [3.05, 3.63) is 54.2 Å². The molecule has 1 aromatic heterocycles. The lowest BCUT2D eigenvalue weighted by Crippen LogP contribution is -2.48. The molecule has 3 aromatic rings. The molecular weight excluding hydrogens is 434 g/mol. The molecule has 9 nitrogen and oxygen atoms in total. The molecule has 178 valence electrons. The largest absolute Gasteiger partial charge is 0.493 e. The molecule has 2 heterocycles. The third-order valence-electron chi connectivity index (χ3n) is 5.81. The number of methoxy groups -OCH3 is 1. The molecule has 2 amide bonds. The van der Waals surface area contributed by atoms with E-state index in [1.165, 1.54) is 6.08 Å². The highest BCUT2D eigenvalue weighted by Gasteiger charge is 2.18. The van der Waals surface area contributed by atoms with E-state index in [1.54, 1.807) is 38.3 Å². The first kappa shape index (κ1) is 23.3. The van der Waals surface area contributed by atoms with Crippen molar-refractivity contribution in [3.8, 4) is 11.5 Å². The van der Waals surface area contributed by atoms with Crippen LogP contribution in [-0.4, -0.2) is 78.3 Å². The average molecular weight is 464 g/mol. The summed E-state index contributed by atoms with van der Waals surface area (Å²) in [6, 6.07) is 13.0. The summed E-state index contributed by atoms with van der Waals surface area (Å²) in [6.07, 6.45) is 3.13. The van der Waals surface area contributed by atoms with Gasteiger partial charge >= 0.3 is 0 Å². The molecule has 9 heteroatoms. The normalized spacial score (nSPS) is 14.5. The third kappa shape index (κ3) is 5.74. The van der Waals surface area contributed by atoms with Crippen LogP contribution in [0.1, 0.15) is 12.6 Å². The summed E-state index contributed by atoms with van der Waals surface area (Å²) in [5.41, 5.74) is 2.22. The van der Waals surface area contributed by atoms with Gasteiger partial charge in [-0.3, -0.25) is 19.6 Å². The van der Waals surface area contributed by atoms with Gasteiger partial charge in [-0.15, -0.1) is 0 Å². The number of carbonyl (C=O) groups excluding carboxylic acids is 2. The zero-order valence-electron chi connectivity index (χ0n) is 19.4. The van der Waals surface area contributed by atoms with Crippen LogP contribution in [0.3, 0.4) is 0 Å². The third-order valence-corrected chi connectivity index (χ3v) is 5.81. The number of amides is 2. The lowest BCUT2D eigenvalue weighted by atomic mass is 10.2. The van der Waals surface area contributed by atoms with Crippen LogP contribution >= 0.6 is 0 Å². The Morgan fingerprint density at radius 3 is 2.68 bits per heavy atom. The first-order valence-corrected chi connectivity index (χ1v) is 11.2. The monoisotopic (exact) mass is 463 g/mol. The molecule has 0 unspecified atom stereocenters. The van der Waals surface area contributed by atoms with E-state index in [1.807, 2.05) is 29.2 Å². The molecule has 2 N–H and O–H groups in total. The summed E-state index contributed by atoms with van der Waals surface area (Å²) in [5, 5.41) is 11.0. The van der Waals surface area contributed by atoms with Crippen LogP contribution in [0.4, 0.5) is 5.69 Å². The second-order valence-corrected chi connectivity index (χ2v) is 8.04. The van der Waals surface area contributed by atoms with Gasteiger partial charge in [0, 0.05) is 62.9 Å². The number of hydrogen-bond donors (Lipinski definition) is 2. The number of benzene rings is 2. The number of ether oxygens (including phenoxy) is 2. The number of para-hydroxylation sites is 1. The van der Waals surface area contributed by atoms with Gasteiger partial charge in [0.25, 0.3) is 0 Å². The smallest absolute Gasteiger partial charge is 0.248 e. The van der Waals surface area contributed by atoms with Crippen LogP contribution in [0.2, 0.25) is 0 Å². The van der Waals surface area contributed by atoms with Gasteiger partial charge in [0.1, 0.15) is 6.61 Å². The summed E-state index contributed by atoms with van der Waals surface area (Å²) in [7, 11) is 1.57. The Hall–Kier alpha value is -3.85. The number of hydrogen-bond acceptors (Lipinski definition) is 6. The predicted octanol–water partition coefficient (Wildman–Crippen LogP) is 2.77. The number of piperazine rings is 1. The van der Waals surface area contributed by atoms with E-state index >= 15 is 0 Å². The Bertz CT molecular complexity index is 1180.